The van der Waals surface area contributed by atoms with Crippen LogP contribution in [-0.2, 0) is 45.3 Å². The Labute approximate surface area is 317 Å². The SMILES string of the molecule is O=C1C=Cc2cc(S(=O)(=O)O)cc(S(=O)(=O)O)c2/C1=N/Nc1ccc(C(=O)Nc2ccc(N=Nc3ccc4cc(S(=O)(=O)O)cc(S(=O)(=O)O)c4c3)cc2)cc1. The van der Waals surface area contributed by atoms with Gasteiger partial charge in [-0.3, -0.25) is 33.2 Å². The number of benzene rings is 5. The third-order valence-electron chi connectivity index (χ3n) is 7.87. The van der Waals surface area contributed by atoms with Crippen molar-refractivity contribution in [2.24, 2.45) is 15.3 Å². The van der Waals surface area contributed by atoms with Crippen LogP contribution < -0.4 is 10.7 Å². The van der Waals surface area contributed by atoms with Crippen molar-refractivity contribution in [3.8, 4) is 0 Å². The van der Waals surface area contributed by atoms with Crippen molar-refractivity contribution < 1.29 is 61.5 Å². The molecule has 56 heavy (non-hydrogen) atoms. The maximum absolute atomic E-state index is 12.9. The van der Waals surface area contributed by atoms with E-state index >= 15 is 0 Å². The third-order valence-corrected chi connectivity index (χ3v) is 11.3. The summed E-state index contributed by atoms with van der Waals surface area (Å²) < 4.78 is 133. The molecule has 1 aliphatic carbocycles. The summed E-state index contributed by atoms with van der Waals surface area (Å²) in [6.45, 7) is 0. The molecule has 5 aromatic carbocycles. The molecule has 1 aliphatic rings. The number of amides is 1. The zero-order valence-corrected chi connectivity index (χ0v) is 30.9. The molecule has 23 heteroatoms. The molecule has 0 radical (unpaired) electrons. The van der Waals surface area contributed by atoms with Gasteiger partial charge < -0.3 is 5.32 Å². The Hall–Kier alpha value is -6.05. The van der Waals surface area contributed by atoms with Gasteiger partial charge in [0.1, 0.15) is 15.5 Å². The van der Waals surface area contributed by atoms with Crippen LogP contribution in [-0.4, -0.2) is 69.3 Å². The number of hydrazone groups is 1. The first-order chi connectivity index (χ1) is 26.1. The summed E-state index contributed by atoms with van der Waals surface area (Å²) >= 11 is 0. The van der Waals surface area contributed by atoms with Crippen molar-refractivity contribution in [1.29, 1.82) is 0 Å². The van der Waals surface area contributed by atoms with E-state index in [1.165, 1.54) is 66.7 Å². The Morgan fingerprint density at radius 3 is 1.73 bits per heavy atom. The lowest BCUT2D eigenvalue weighted by Gasteiger charge is -2.17. The van der Waals surface area contributed by atoms with Crippen molar-refractivity contribution in [1.82, 2.24) is 0 Å². The standard InChI is InChI=1S/C33H23N5O14S4/c39-28-12-4-20-14-26(54(44,45)46)17-30(56(50,51)52)31(20)32(28)38-36-22-5-1-18(2-6-22)33(40)34-21-8-10-23(11-9-21)35-37-24-7-3-19-13-25(53(41,42)43)16-29(27(19)15-24)55(47,48)49/h1-17,36H,(H,34,40)(H,41,42,43)(H,44,45,46)(H,47,48,49)(H,50,51,52)/b37-35?,38-32+. The van der Waals surface area contributed by atoms with E-state index in [0.717, 1.165) is 24.3 Å². The second-order valence-electron chi connectivity index (χ2n) is 11.7. The molecule has 0 aromatic heterocycles. The van der Waals surface area contributed by atoms with Gasteiger partial charge in [0.2, 0.25) is 5.78 Å². The summed E-state index contributed by atoms with van der Waals surface area (Å²) in [6.07, 6.45) is 2.08. The number of nitrogens with zero attached hydrogens (tertiary/aromatic N) is 3. The number of allylic oxidation sites excluding steroid dienone is 1. The zero-order chi connectivity index (χ0) is 40.8. The monoisotopic (exact) mass is 841 g/mol. The van der Waals surface area contributed by atoms with Crippen LogP contribution in [0.5, 0.6) is 0 Å². The van der Waals surface area contributed by atoms with Crippen LogP contribution in [0.2, 0.25) is 0 Å². The van der Waals surface area contributed by atoms with Gasteiger partial charge in [0.15, 0.2) is 0 Å². The highest BCUT2D eigenvalue weighted by Crippen LogP contribution is 2.32. The van der Waals surface area contributed by atoms with Crippen LogP contribution in [0.15, 0.2) is 132 Å². The van der Waals surface area contributed by atoms with Crippen LogP contribution in [0.25, 0.3) is 16.8 Å². The molecule has 0 saturated carbocycles. The minimum Gasteiger partial charge on any atom is -0.322 e. The molecular weight excluding hydrogens is 819 g/mol. The Bertz CT molecular complexity index is 3040. The van der Waals surface area contributed by atoms with Gasteiger partial charge in [0, 0.05) is 22.2 Å². The predicted octanol–water partition coefficient (Wildman–Crippen LogP) is 4.91. The van der Waals surface area contributed by atoms with Gasteiger partial charge in [0.05, 0.1) is 26.9 Å². The largest absolute Gasteiger partial charge is 0.322 e. The highest BCUT2D eigenvalue weighted by Gasteiger charge is 2.31. The lowest BCUT2D eigenvalue weighted by atomic mass is 9.94. The molecule has 0 fully saturated rings. The molecule has 19 nitrogen and oxygen atoms in total. The zero-order valence-electron chi connectivity index (χ0n) is 27.7. The minimum absolute atomic E-state index is 0.0736. The Morgan fingerprint density at radius 2 is 1.12 bits per heavy atom. The summed E-state index contributed by atoms with van der Waals surface area (Å²) in [4.78, 5) is 22.3. The fourth-order valence-corrected chi connectivity index (χ4v) is 8.00. The van der Waals surface area contributed by atoms with E-state index in [1.54, 1.807) is 0 Å². The smallest absolute Gasteiger partial charge is 0.295 e. The summed E-state index contributed by atoms with van der Waals surface area (Å²) in [5.74, 6) is -1.32. The topological polar surface area (TPSA) is 313 Å². The molecule has 0 aliphatic heterocycles. The second-order valence-corrected chi connectivity index (χ2v) is 17.3. The number of nitrogens with one attached hydrogen (secondary N) is 2. The summed E-state index contributed by atoms with van der Waals surface area (Å²) in [6, 6.07) is 18.7. The fourth-order valence-electron chi connectivity index (χ4n) is 5.28. The van der Waals surface area contributed by atoms with Crippen LogP contribution in [0.1, 0.15) is 21.5 Å². The van der Waals surface area contributed by atoms with Gasteiger partial charge in [-0.15, -0.1) is 0 Å². The number of fused-ring (bicyclic) bond motifs is 2. The first-order valence-electron chi connectivity index (χ1n) is 15.2. The van der Waals surface area contributed by atoms with E-state index in [1.807, 2.05) is 0 Å². The van der Waals surface area contributed by atoms with E-state index in [-0.39, 0.29) is 33.3 Å². The number of rotatable bonds is 10. The molecule has 1 amide bonds. The number of ketones is 1. The predicted molar refractivity (Wildman–Crippen MR) is 199 cm³/mol. The molecule has 288 valence electrons. The number of hydrogen-bond acceptors (Lipinski definition) is 14. The first-order valence-corrected chi connectivity index (χ1v) is 21.0. The lowest BCUT2D eigenvalue weighted by molar-refractivity contribution is -0.108. The van der Waals surface area contributed by atoms with Crippen molar-refractivity contribution in [3.63, 3.8) is 0 Å². The molecule has 0 unspecified atom stereocenters. The normalized spacial score (nSPS) is 14.3. The van der Waals surface area contributed by atoms with Crippen LogP contribution in [0.4, 0.5) is 22.7 Å². The molecule has 0 bridgehead atoms. The van der Waals surface area contributed by atoms with E-state index in [4.69, 9.17) is 0 Å². The van der Waals surface area contributed by atoms with Gasteiger partial charge in [-0.05, 0) is 102 Å². The number of carbonyl (C=O) groups is 2. The van der Waals surface area contributed by atoms with E-state index in [0.29, 0.717) is 23.5 Å². The molecule has 0 atom stereocenters. The fraction of sp³-hybridized carbons (Fsp3) is 0. The minimum atomic E-state index is -5.11. The number of hydrogen-bond donors (Lipinski definition) is 6. The van der Waals surface area contributed by atoms with Crippen LogP contribution in [0.3, 0.4) is 0 Å². The quantitative estimate of drug-likeness (QED) is 0.0618. The average molecular weight is 842 g/mol. The lowest BCUT2D eigenvalue weighted by Crippen LogP contribution is -2.23. The molecule has 0 saturated heterocycles. The maximum Gasteiger partial charge on any atom is 0.295 e. The molecular formula is C33H23N5O14S4. The number of anilines is 2. The molecule has 6 rings (SSSR count). The summed E-state index contributed by atoms with van der Waals surface area (Å²) in [5, 5.41) is 14.7. The highest BCUT2D eigenvalue weighted by atomic mass is 32.2. The number of carbonyl (C=O) groups excluding carboxylic acids is 2. The van der Waals surface area contributed by atoms with Crippen molar-refractivity contribution in [3.05, 3.63) is 114 Å². The Balaban J connectivity index is 1.15. The molecule has 0 heterocycles. The van der Waals surface area contributed by atoms with Crippen molar-refractivity contribution >= 4 is 97.5 Å². The van der Waals surface area contributed by atoms with Crippen LogP contribution in [0, 0.1) is 0 Å². The Morgan fingerprint density at radius 1 is 0.571 bits per heavy atom. The van der Waals surface area contributed by atoms with Gasteiger partial charge in [-0.1, -0.05) is 12.1 Å². The van der Waals surface area contributed by atoms with Crippen molar-refractivity contribution in [2.75, 3.05) is 10.7 Å². The van der Waals surface area contributed by atoms with E-state index in [2.05, 4.69) is 26.1 Å². The van der Waals surface area contributed by atoms with E-state index < -0.39 is 83.0 Å². The van der Waals surface area contributed by atoms with Gasteiger partial charge in [-0.2, -0.15) is 49.0 Å². The average Bonchev–Trinajstić information content (AvgIpc) is 3.11. The molecule has 5 aromatic rings. The first kappa shape index (κ1) is 39.6. The van der Waals surface area contributed by atoms with Gasteiger partial charge in [-0.25, -0.2) is 0 Å². The number of azo groups is 1. The summed E-state index contributed by atoms with van der Waals surface area (Å²) in [5.41, 5.74) is 2.72. The second kappa shape index (κ2) is 14.5. The van der Waals surface area contributed by atoms with E-state index in [9.17, 15) is 61.5 Å². The Kier molecular flexibility index (Phi) is 10.3. The molecule has 0 spiro atoms. The van der Waals surface area contributed by atoms with Gasteiger partial charge >= 0.3 is 0 Å². The van der Waals surface area contributed by atoms with Gasteiger partial charge in [0.25, 0.3) is 46.4 Å². The summed E-state index contributed by atoms with van der Waals surface area (Å²) in [7, 11) is -19.7. The third kappa shape index (κ3) is 8.74. The highest BCUT2D eigenvalue weighted by molar-refractivity contribution is 7.87. The maximum atomic E-state index is 12.9. The molecule has 6 N–H and O–H groups in total. The van der Waals surface area contributed by atoms with Crippen LogP contribution >= 0.6 is 0 Å². The van der Waals surface area contributed by atoms with Crippen molar-refractivity contribution in [2.45, 2.75) is 19.6 Å².